The molecule has 12 heteroatoms. The number of halogens is 9. The summed E-state index contributed by atoms with van der Waals surface area (Å²) in [5.41, 5.74) is -4.70. The first-order chi connectivity index (χ1) is 11.4. The minimum atomic E-state index is -5.31. The highest BCUT2D eigenvalue weighted by molar-refractivity contribution is 5.40. The summed E-state index contributed by atoms with van der Waals surface area (Å²) in [5.74, 6) is -4.56. The number of hydrogen-bond donors (Lipinski definition) is 1. The molecular formula is C13H11F9N2O. The van der Waals surface area contributed by atoms with E-state index in [4.69, 9.17) is 0 Å². The van der Waals surface area contributed by atoms with Crippen molar-refractivity contribution in [3.05, 3.63) is 17.0 Å². The zero-order valence-electron chi connectivity index (χ0n) is 12.1. The van der Waals surface area contributed by atoms with Crippen molar-refractivity contribution in [2.24, 2.45) is 0 Å². The lowest BCUT2D eigenvalue weighted by atomic mass is 9.90. The molecule has 1 aromatic heterocycles. The van der Waals surface area contributed by atoms with Crippen LogP contribution in [-0.2, 0) is 6.18 Å². The molecule has 0 saturated heterocycles. The highest BCUT2D eigenvalue weighted by atomic mass is 19.4. The fourth-order valence-electron chi connectivity index (χ4n) is 3.29. The van der Waals surface area contributed by atoms with Crippen molar-refractivity contribution in [2.45, 2.75) is 61.8 Å². The van der Waals surface area contributed by atoms with E-state index in [2.05, 4.69) is 5.10 Å². The van der Waals surface area contributed by atoms with Crippen LogP contribution in [0.15, 0.2) is 0 Å². The number of hydrogen-bond acceptors (Lipinski definition) is 2. The van der Waals surface area contributed by atoms with Crippen molar-refractivity contribution >= 4 is 0 Å². The Morgan fingerprint density at radius 3 is 2.04 bits per heavy atom. The van der Waals surface area contributed by atoms with Gasteiger partial charge < -0.3 is 5.11 Å². The number of aromatic nitrogens is 2. The van der Waals surface area contributed by atoms with E-state index in [-0.39, 0.29) is 4.68 Å². The summed E-state index contributed by atoms with van der Waals surface area (Å²) in [7, 11) is 0. The molecule has 0 bridgehead atoms. The molecule has 1 heterocycles. The summed E-state index contributed by atoms with van der Waals surface area (Å²) >= 11 is 0. The molecule has 2 aliphatic carbocycles. The van der Waals surface area contributed by atoms with Gasteiger partial charge in [-0.2, -0.15) is 27.1 Å². The van der Waals surface area contributed by atoms with E-state index < -0.39 is 78.7 Å². The number of aliphatic hydroxyl groups is 1. The van der Waals surface area contributed by atoms with E-state index in [1.807, 2.05) is 0 Å². The number of alkyl halides is 9. The van der Waals surface area contributed by atoms with Crippen LogP contribution in [0.1, 0.15) is 48.1 Å². The van der Waals surface area contributed by atoms with Gasteiger partial charge in [0.25, 0.3) is 0 Å². The maximum absolute atomic E-state index is 14.0. The van der Waals surface area contributed by atoms with E-state index in [0.717, 1.165) is 0 Å². The number of fused-ring (bicyclic) bond motifs is 1. The van der Waals surface area contributed by atoms with Crippen molar-refractivity contribution in [1.82, 2.24) is 9.78 Å². The van der Waals surface area contributed by atoms with E-state index in [1.54, 1.807) is 0 Å². The smallest absolute Gasteiger partial charge is 0.382 e. The molecular weight excluding hydrogens is 371 g/mol. The van der Waals surface area contributed by atoms with Crippen LogP contribution in [0.4, 0.5) is 39.5 Å². The molecule has 1 aromatic rings. The average molecular weight is 382 g/mol. The van der Waals surface area contributed by atoms with Crippen molar-refractivity contribution in [2.75, 3.05) is 0 Å². The van der Waals surface area contributed by atoms with Gasteiger partial charge in [0.15, 0.2) is 11.9 Å². The zero-order chi connectivity index (χ0) is 18.9. The van der Waals surface area contributed by atoms with Crippen LogP contribution in [0.25, 0.3) is 0 Å². The van der Waals surface area contributed by atoms with Gasteiger partial charge in [0.2, 0.25) is 6.17 Å². The first kappa shape index (κ1) is 18.3. The van der Waals surface area contributed by atoms with Gasteiger partial charge in [0, 0.05) is 18.4 Å². The van der Waals surface area contributed by atoms with E-state index in [0.29, 0.717) is 0 Å². The van der Waals surface area contributed by atoms with Gasteiger partial charge in [-0.3, -0.25) is 4.68 Å². The summed E-state index contributed by atoms with van der Waals surface area (Å²) in [5, 5.41) is 12.4. The first-order valence-corrected chi connectivity index (χ1v) is 7.19. The summed E-state index contributed by atoms with van der Waals surface area (Å²) in [4.78, 5) is 0. The van der Waals surface area contributed by atoms with Crippen molar-refractivity contribution < 1.29 is 44.6 Å². The maximum atomic E-state index is 14.0. The predicted octanol–water partition coefficient (Wildman–Crippen LogP) is 3.94. The van der Waals surface area contributed by atoms with Gasteiger partial charge in [0.1, 0.15) is 18.4 Å². The molecule has 25 heavy (non-hydrogen) atoms. The Balaban J connectivity index is 2.13. The summed E-state index contributed by atoms with van der Waals surface area (Å²) in [6.07, 6.45) is -20.8. The third-order valence-electron chi connectivity index (χ3n) is 4.50. The number of rotatable bonds is 1. The minimum Gasteiger partial charge on any atom is -0.382 e. The standard InChI is InChI=1S/C13H11F9N2O/c14-4-1-3(2-5(15)7(4)16)24-8-6(10(23-24)13(20,21)22)11(25)12(18,19)9(8)17/h3-5,7,9,11,25H,1-2H2/t3?,4-,5+,7?,9-,11-/m0/s1. The van der Waals surface area contributed by atoms with Gasteiger partial charge in [-0.25, -0.2) is 17.6 Å². The summed E-state index contributed by atoms with van der Waals surface area (Å²) in [6, 6.07) is -1.60. The van der Waals surface area contributed by atoms with Crippen LogP contribution in [0.5, 0.6) is 0 Å². The predicted molar refractivity (Wildman–Crippen MR) is 63.9 cm³/mol. The number of nitrogens with zero attached hydrogens (tertiary/aromatic N) is 2. The van der Waals surface area contributed by atoms with Gasteiger partial charge in [0.05, 0.1) is 11.7 Å². The van der Waals surface area contributed by atoms with Crippen LogP contribution in [-0.4, -0.2) is 39.3 Å². The average Bonchev–Trinajstić information content (AvgIpc) is 2.96. The Kier molecular flexibility index (Phi) is 4.05. The Morgan fingerprint density at radius 2 is 1.56 bits per heavy atom. The molecule has 142 valence electrons. The van der Waals surface area contributed by atoms with Gasteiger partial charge in [-0.05, 0) is 0 Å². The molecule has 1 N–H and O–H groups in total. The molecule has 3 rings (SSSR count). The van der Waals surface area contributed by atoms with Gasteiger partial charge in [-0.15, -0.1) is 0 Å². The molecule has 2 aliphatic rings. The van der Waals surface area contributed by atoms with Crippen LogP contribution in [0.2, 0.25) is 0 Å². The van der Waals surface area contributed by atoms with Gasteiger partial charge in [-0.1, -0.05) is 0 Å². The van der Waals surface area contributed by atoms with Crippen molar-refractivity contribution in [1.29, 1.82) is 0 Å². The lowest BCUT2D eigenvalue weighted by Crippen LogP contribution is -2.39. The Bertz CT molecular complexity index is 661. The van der Waals surface area contributed by atoms with E-state index in [1.165, 1.54) is 0 Å². The highest BCUT2D eigenvalue weighted by Gasteiger charge is 2.62. The quantitative estimate of drug-likeness (QED) is 0.748. The molecule has 0 spiro atoms. The lowest BCUT2D eigenvalue weighted by molar-refractivity contribution is -0.157. The van der Waals surface area contributed by atoms with Crippen LogP contribution in [0.3, 0.4) is 0 Å². The van der Waals surface area contributed by atoms with E-state index in [9.17, 15) is 44.6 Å². The SMILES string of the molecule is O[C@H]1c2c(C(F)(F)F)nn(C3C[C@@H](F)C(F)[C@@H](F)C3)c2[C@H](F)C1(F)F. The Morgan fingerprint density at radius 1 is 1.04 bits per heavy atom. The highest BCUT2D eigenvalue weighted by Crippen LogP contribution is 2.56. The van der Waals surface area contributed by atoms with Gasteiger partial charge >= 0.3 is 12.1 Å². The fraction of sp³-hybridized carbons (Fsp3) is 0.769. The third kappa shape index (κ3) is 2.59. The number of aliphatic hydroxyl groups excluding tert-OH is 1. The van der Waals surface area contributed by atoms with Crippen LogP contribution < -0.4 is 0 Å². The monoisotopic (exact) mass is 382 g/mol. The third-order valence-corrected chi connectivity index (χ3v) is 4.50. The molecule has 2 unspecified atom stereocenters. The second-order valence-corrected chi connectivity index (χ2v) is 6.13. The van der Waals surface area contributed by atoms with E-state index >= 15 is 0 Å². The zero-order valence-corrected chi connectivity index (χ0v) is 12.1. The minimum absolute atomic E-state index is 0.123. The first-order valence-electron chi connectivity index (χ1n) is 7.19. The molecule has 1 saturated carbocycles. The fourth-order valence-corrected chi connectivity index (χ4v) is 3.29. The Hall–Kier alpha value is -1.46. The normalized spacial score (nSPS) is 38.0. The summed E-state index contributed by atoms with van der Waals surface area (Å²) in [6.45, 7) is 0. The maximum Gasteiger partial charge on any atom is 0.435 e. The second-order valence-electron chi connectivity index (χ2n) is 6.13. The lowest BCUT2D eigenvalue weighted by Gasteiger charge is -2.31. The second kappa shape index (κ2) is 5.52. The molecule has 0 amide bonds. The van der Waals surface area contributed by atoms with Crippen LogP contribution >= 0.6 is 0 Å². The molecule has 6 atom stereocenters. The molecule has 0 aromatic carbocycles. The van der Waals surface area contributed by atoms with Crippen molar-refractivity contribution in [3.63, 3.8) is 0 Å². The largest absolute Gasteiger partial charge is 0.435 e. The molecule has 1 fully saturated rings. The Labute approximate surface area is 134 Å². The van der Waals surface area contributed by atoms with Crippen LogP contribution in [0, 0.1) is 0 Å². The summed E-state index contributed by atoms with van der Waals surface area (Å²) < 4.78 is 121. The van der Waals surface area contributed by atoms with Crippen molar-refractivity contribution in [3.8, 4) is 0 Å². The molecule has 0 aliphatic heterocycles. The topological polar surface area (TPSA) is 38.1 Å². The molecule has 3 nitrogen and oxygen atoms in total. The molecule has 0 radical (unpaired) electrons.